The van der Waals surface area contributed by atoms with E-state index in [1.807, 2.05) is 0 Å². The van der Waals surface area contributed by atoms with Crippen LogP contribution in [0.25, 0.3) is 0 Å². The summed E-state index contributed by atoms with van der Waals surface area (Å²) in [6.45, 7) is 3.13. The van der Waals surface area contributed by atoms with Gasteiger partial charge in [0, 0.05) is 25.0 Å². The second-order valence-corrected chi connectivity index (χ2v) is 4.45. The first-order chi connectivity index (χ1) is 6.69. The van der Waals surface area contributed by atoms with Crippen LogP contribution in [0.4, 0.5) is 0 Å². The highest BCUT2D eigenvalue weighted by Crippen LogP contribution is 2.30. The van der Waals surface area contributed by atoms with Gasteiger partial charge in [0.1, 0.15) is 0 Å². The van der Waals surface area contributed by atoms with Crippen LogP contribution in [-0.4, -0.2) is 40.2 Å². The molecule has 1 saturated carbocycles. The molecule has 1 fully saturated rings. The monoisotopic (exact) mass is 216 g/mol. The molecule has 0 spiro atoms. The third-order valence-electron chi connectivity index (χ3n) is 2.75. The maximum Gasteiger partial charge on any atom is 0.0743 e. The van der Waals surface area contributed by atoms with Crippen molar-refractivity contribution in [1.82, 2.24) is 4.90 Å². The largest absolute Gasteiger partial charge is 0.395 e. The molecular formula is C10H20N2OS. The number of hydrogen-bond acceptors (Lipinski definition) is 3. The Morgan fingerprint density at radius 1 is 1.64 bits per heavy atom. The van der Waals surface area contributed by atoms with E-state index < -0.39 is 0 Å². The molecule has 1 atom stereocenters. The van der Waals surface area contributed by atoms with Gasteiger partial charge < -0.3 is 10.8 Å². The summed E-state index contributed by atoms with van der Waals surface area (Å²) in [6.07, 6.45) is 4.35. The molecule has 0 bridgehead atoms. The van der Waals surface area contributed by atoms with Crippen molar-refractivity contribution in [2.75, 3.05) is 13.2 Å². The van der Waals surface area contributed by atoms with Gasteiger partial charge in [-0.1, -0.05) is 19.1 Å². The highest BCUT2D eigenvalue weighted by Gasteiger charge is 2.32. The van der Waals surface area contributed by atoms with Crippen molar-refractivity contribution in [3.05, 3.63) is 0 Å². The molecule has 0 aromatic carbocycles. The van der Waals surface area contributed by atoms with E-state index in [0.29, 0.717) is 17.1 Å². The fourth-order valence-electron chi connectivity index (χ4n) is 1.91. The van der Waals surface area contributed by atoms with Crippen molar-refractivity contribution in [3.8, 4) is 0 Å². The number of hydrogen-bond donors (Lipinski definition) is 2. The Morgan fingerprint density at radius 2 is 2.29 bits per heavy atom. The second kappa shape index (κ2) is 5.63. The van der Waals surface area contributed by atoms with Crippen LogP contribution in [0.15, 0.2) is 0 Å². The lowest BCUT2D eigenvalue weighted by atomic mass is 10.1. The maximum absolute atomic E-state index is 8.99. The number of rotatable bonds is 7. The van der Waals surface area contributed by atoms with Crippen molar-refractivity contribution in [2.45, 2.75) is 44.7 Å². The van der Waals surface area contributed by atoms with Gasteiger partial charge in [0.2, 0.25) is 0 Å². The summed E-state index contributed by atoms with van der Waals surface area (Å²) in [5.41, 5.74) is 5.57. The Balaban J connectivity index is 2.48. The molecule has 1 unspecified atom stereocenters. The van der Waals surface area contributed by atoms with Gasteiger partial charge >= 0.3 is 0 Å². The predicted octanol–water partition coefficient (Wildman–Crippen LogP) is 0.898. The van der Waals surface area contributed by atoms with Crippen LogP contribution >= 0.6 is 12.2 Å². The third-order valence-corrected chi connectivity index (χ3v) is 2.92. The van der Waals surface area contributed by atoms with E-state index in [0.717, 1.165) is 19.4 Å². The van der Waals surface area contributed by atoms with E-state index >= 15 is 0 Å². The number of aliphatic hydroxyl groups excluding tert-OH is 1. The van der Waals surface area contributed by atoms with Gasteiger partial charge in [-0.25, -0.2) is 0 Å². The zero-order valence-corrected chi connectivity index (χ0v) is 9.59. The van der Waals surface area contributed by atoms with Gasteiger partial charge in [-0.2, -0.15) is 0 Å². The molecule has 0 aliphatic heterocycles. The second-order valence-electron chi connectivity index (χ2n) is 3.93. The molecule has 14 heavy (non-hydrogen) atoms. The first-order valence-corrected chi connectivity index (χ1v) is 5.74. The smallest absolute Gasteiger partial charge is 0.0743 e. The molecule has 3 N–H and O–H groups in total. The molecule has 0 saturated heterocycles. The van der Waals surface area contributed by atoms with Crippen LogP contribution in [0.2, 0.25) is 0 Å². The molecule has 82 valence electrons. The number of thiocarbonyl (C=S) groups is 1. The van der Waals surface area contributed by atoms with Crippen LogP contribution in [0.5, 0.6) is 0 Å². The van der Waals surface area contributed by atoms with Crippen LogP contribution in [0.3, 0.4) is 0 Å². The molecule has 0 heterocycles. The van der Waals surface area contributed by atoms with Crippen LogP contribution in [-0.2, 0) is 0 Å². The predicted molar refractivity (Wildman–Crippen MR) is 62.3 cm³/mol. The normalized spacial score (nSPS) is 18.5. The van der Waals surface area contributed by atoms with E-state index in [-0.39, 0.29) is 6.61 Å². The zero-order chi connectivity index (χ0) is 10.6. The zero-order valence-electron chi connectivity index (χ0n) is 8.78. The maximum atomic E-state index is 8.99. The molecule has 3 nitrogen and oxygen atoms in total. The van der Waals surface area contributed by atoms with Crippen molar-refractivity contribution in [1.29, 1.82) is 0 Å². The Morgan fingerprint density at radius 3 is 2.64 bits per heavy atom. The van der Waals surface area contributed by atoms with Crippen LogP contribution in [0.1, 0.15) is 32.6 Å². The molecule has 1 aliphatic rings. The minimum Gasteiger partial charge on any atom is -0.395 e. The Labute approximate surface area is 91.3 Å². The van der Waals surface area contributed by atoms with Crippen LogP contribution < -0.4 is 5.73 Å². The highest BCUT2D eigenvalue weighted by atomic mass is 32.1. The van der Waals surface area contributed by atoms with E-state index in [1.54, 1.807) is 0 Å². The molecule has 0 amide bonds. The van der Waals surface area contributed by atoms with Crippen molar-refractivity contribution in [3.63, 3.8) is 0 Å². The minimum atomic E-state index is 0.227. The van der Waals surface area contributed by atoms with Gasteiger partial charge in [-0.15, -0.1) is 0 Å². The van der Waals surface area contributed by atoms with Crippen molar-refractivity contribution in [2.24, 2.45) is 5.73 Å². The van der Waals surface area contributed by atoms with Gasteiger partial charge in [0.05, 0.1) is 11.6 Å². The number of nitrogens with zero attached hydrogens (tertiary/aromatic N) is 1. The first kappa shape index (κ1) is 11.9. The van der Waals surface area contributed by atoms with E-state index in [1.165, 1.54) is 12.8 Å². The van der Waals surface area contributed by atoms with Crippen molar-refractivity contribution < 1.29 is 5.11 Å². The summed E-state index contributed by atoms with van der Waals surface area (Å²) < 4.78 is 0. The summed E-state index contributed by atoms with van der Waals surface area (Å²) in [7, 11) is 0. The molecule has 1 aliphatic carbocycles. The summed E-state index contributed by atoms with van der Waals surface area (Å²) in [5.74, 6) is 0. The van der Waals surface area contributed by atoms with E-state index in [9.17, 15) is 0 Å². The summed E-state index contributed by atoms with van der Waals surface area (Å²) in [4.78, 5) is 2.94. The van der Waals surface area contributed by atoms with E-state index in [4.69, 9.17) is 23.1 Å². The van der Waals surface area contributed by atoms with Gasteiger partial charge in [-0.3, -0.25) is 4.90 Å². The highest BCUT2D eigenvalue weighted by molar-refractivity contribution is 7.80. The number of aliphatic hydroxyl groups is 1. The topological polar surface area (TPSA) is 49.5 Å². The molecule has 0 radical (unpaired) electrons. The summed E-state index contributed by atoms with van der Waals surface area (Å²) in [6, 6.07) is 1.09. The minimum absolute atomic E-state index is 0.227. The SMILES string of the molecule is CCC(CC(N)=S)N(CCO)C1CC1. The average molecular weight is 216 g/mol. The molecule has 0 aromatic heterocycles. The Kier molecular flexibility index (Phi) is 4.78. The standard InChI is InChI=1S/C10H20N2OS/c1-2-8(7-10(11)14)12(5-6-13)9-3-4-9/h8-9,13H,2-7H2,1H3,(H2,11,14). The lowest BCUT2D eigenvalue weighted by Gasteiger charge is -2.30. The lowest BCUT2D eigenvalue weighted by molar-refractivity contribution is 0.142. The van der Waals surface area contributed by atoms with Crippen molar-refractivity contribution >= 4 is 17.2 Å². The summed E-state index contributed by atoms with van der Waals surface area (Å²) >= 11 is 4.94. The van der Waals surface area contributed by atoms with Gasteiger partial charge in [-0.05, 0) is 19.3 Å². The Hall–Kier alpha value is -0.190. The Bertz CT molecular complexity index is 195. The van der Waals surface area contributed by atoms with E-state index in [2.05, 4.69) is 11.8 Å². The summed E-state index contributed by atoms with van der Waals surface area (Å²) in [5, 5.41) is 8.99. The molecule has 4 heteroatoms. The fourth-order valence-corrected chi connectivity index (χ4v) is 2.11. The van der Waals surface area contributed by atoms with Gasteiger partial charge in [0.25, 0.3) is 0 Å². The fraction of sp³-hybridized carbons (Fsp3) is 0.900. The van der Waals surface area contributed by atoms with Gasteiger partial charge in [0.15, 0.2) is 0 Å². The third kappa shape index (κ3) is 3.52. The lowest BCUT2D eigenvalue weighted by Crippen LogP contribution is -2.40. The quantitative estimate of drug-likeness (QED) is 0.621. The average Bonchev–Trinajstić information content (AvgIpc) is 2.93. The molecule has 0 aromatic rings. The first-order valence-electron chi connectivity index (χ1n) is 5.34. The molecule has 1 rings (SSSR count). The number of nitrogens with two attached hydrogens (primary N) is 1. The molecular weight excluding hydrogens is 196 g/mol. The van der Waals surface area contributed by atoms with Crippen LogP contribution in [0, 0.1) is 0 Å².